The predicted octanol–water partition coefficient (Wildman–Crippen LogP) is 5.31. The predicted molar refractivity (Wildman–Crippen MR) is 108 cm³/mol. The number of amidine groups is 1. The second-order valence-corrected chi connectivity index (χ2v) is 14.0. The van der Waals surface area contributed by atoms with Crippen LogP contribution in [0.2, 0.25) is 18.1 Å². The van der Waals surface area contributed by atoms with Gasteiger partial charge in [-0.2, -0.15) is 0 Å². The maximum Gasteiger partial charge on any atom is 0.250 e. The zero-order valence-corrected chi connectivity index (χ0v) is 17.4. The summed E-state index contributed by atoms with van der Waals surface area (Å²) in [7, 11) is -1.77. The van der Waals surface area contributed by atoms with Gasteiger partial charge in [-0.25, -0.2) is 4.40 Å². The molecule has 2 aliphatic heterocycles. The first-order valence-electron chi connectivity index (χ1n) is 9.02. The second kappa shape index (κ2) is 6.75. The first-order valence-corrected chi connectivity index (χ1v) is 12.9. The van der Waals surface area contributed by atoms with Gasteiger partial charge in [-0.05, 0) is 60.6 Å². The third-order valence-electron chi connectivity index (χ3n) is 5.63. The molecule has 0 aliphatic carbocycles. The third kappa shape index (κ3) is 3.67. The lowest BCUT2D eigenvalue weighted by Gasteiger charge is -2.38. The first kappa shape index (κ1) is 17.9. The summed E-state index contributed by atoms with van der Waals surface area (Å²) >= 11 is 1.72. The normalized spacial score (nSPS) is 22.0. The van der Waals surface area contributed by atoms with Crippen LogP contribution in [0.5, 0.6) is 5.75 Å². The highest BCUT2D eigenvalue weighted by Crippen LogP contribution is 2.38. The van der Waals surface area contributed by atoms with Crippen molar-refractivity contribution < 1.29 is 4.43 Å². The quantitative estimate of drug-likeness (QED) is 0.538. The van der Waals surface area contributed by atoms with E-state index in [2.05, 4.69) is 63.0 Å². The minimum Gasteiger partial charge on any atom is -0.544 e. The summed E-state index contributed by atoms with van der Waals surface area (Å²) in [5.41, 5.74) is 1.38. The van der Waals surface area contributed by atoms with Crippen LogP contribution in [0.4, 0.5) is 0 Å². The second-order valence-electron chi connectivity index (χ2n) is 8.40. The van der Waals surface area contributed by atoms with Crippen LogP contribution in [0.3, 0.4) is 0 Å². The van der Waals surface area contributed by atoms with E-state index in [1.807, 2.05) is 0 Å². The molecular weight excluding hydrogens is 332 g/mol. The Labute approximate surface area is 152 Å². The summed E-state index contributed by atoms with van der Waals surface area (Å²) in [6, 6.07) is 8.81. The highest BCUT2D eigenvalue weighted by atomic mass is 32.2. The molecule has 5 heteroatoms. The van der Waals surface area contributed by atoms with Crippen molar-refractivity contribution in [2.45, 2.75) is 57.7 Å². The van der Waals surface area contributed by atoms with E-state index in [1.165, 1.54) is 30.8 Å². The van der Waals surface area contributed by atoms with Crippen LogP contribution in [0, 0.1) is 0 Å². The number of hydrogen-bond donors (Lipinski definition) is 0. The lowest BCUT2D eigenvalue weighted by molar-refractivity contribution is 0.371. The van der Waals surface area contributed by atoms with Gasteiger partial charge in [0.2, 0.25) is 8.32 Å². The molecule has 3 rings (SSSR count). The molecule has 0 N–H and O–H groups in total. The number of piperidine rings is 1. The Balaban J connectivity index is 1.76. The summed E-state index contributed by atoms with van der Waals surface area (Å²) in [6.07, 6.45) is 2.47. The van der Waals surface area contributed by atoms with E-state index in [-0.39, 0.29) is 5.04 Å². The fourth-order valence-electron chi connectivity index (χ4n) is 3.09. The van der Waals surface area contributed by atoms with Gasteiger partial charge in [0, 0.05) is 24.8 Å². The Bertz CT molecular complexity index is 607. The molecule has 1 saturated heterocycles. The van der Waals surface area contributed by atoms with Crippen molar-refractivity contribution >= 4 is 26.1 Å². The van der Waals surface area contributed by atoms with Crippen LogP contribution in [-0.4, -0.2) is 37.9 Å². The van der Waals surface area contributed by atoms with Crippen molar-refractivity contribution in [2.24, 2.45) is 4.40 Å². The Kier molecular flexibility index (Phi) is 5.03. The molecule has 0 aromatic heterocycles. The van der Waals surface area contributed by atoms with Crippen molar-refractivity contribution in [1.29, 1.82) is 0 Å². The van der Waals surface area contributed by atoms with Gasteiger partial charge >= 0.3 is 0 Å². The smallest absolute Gasteiger partial charge is 0.250 e. The average Bonchev–Trinajstić information content (AvgIpc) is 2.54. The molecule has 0 saturated carbocycles. The maximum absolute atomic E-state index is 6.41. The van der Waals surface area contributed by atoms with E-state index in [9.17, 15) is 0 Å². The van der Waals surface area contributed by atoms with Gasteiger partial charge in [0.05, 0.1) is 0 Å². The molecule has 1 fully saturated rings. The van der Waals surface area contributed by atoms with E-state index < -0.39 is 8.32 Å². The topological polar surface area (TPSA) is 24.8 Å². The van der Waals surface area contributed by atoms with Gasteiger partial charge in [0.25, 0.3) is 0 Å². The minimum atomic E-state index is -1.77. The van der Waals surface area contributed by atoms with E-state index in [0.29, 0.717) is 5.92 Å². The van der Waals surface area contributed by atoms with Crippen molar-refractivity contribution in [3.63, 3.8) is 0 Å². The summed E-state index contributed by atoms with van der Waals surface area (Å²) in [5.74, 6) is 3.87. The maximum atomic E-state index is 6.41. The van der Waals surface area contributed by atoms with Crippen LogP contribution < -0.4 is 4.43 Å². The number of hydrogen-bond acceptors (Lipinski definition) is 4. The van der Waals surface area contributed by atoms with Gasteiger partial charge < -0.3 is 9.33 Å². The van der Waals surface area contributed by atoms with Crippen LogP contribution in [0.1, 0.15) is 45.1 Å². The Morgan fingerprint density at radius 1 is 1.17 bits per heavy atom. The molecule has 0 amide bonds. The van der Waals surface area contributed by atoms with Crippen LogP contribution in [-0.2, 0) is 0 Å². The number of benzene rings is 1. The number of nitrogens with zero attached hydrogens (tertiary/aromatic N) is 2. The van der Waals surface area contributed by atoms with Gasteiger partial charge in [-0.15, -0.1) is 0 Å². The van der Waals surface area contributed by atoms with Crippen LogP contribution in [0.15, 0.2) is 28.7 Å². The van der Waals surface area contributed by atoms with E-state index in [1.54, 1.807) is 11.9 Å². The van der Waals surface area contributed by atoms with Crippen molar-refractivity contribution in [3.8, 4) is 5.75 Å². The van der Waals surface area contributed by atoms with Gasteiger partial charge in [0.15, 0.2) is 0 Å². The average molecular weight is 363 g/mol. The molecule has 0 spiro atoms. The zero-order chi connectivity index (χ0) is 17.4. The summed E-state index contributed by atoms with van der Waals surface area (Å²) < 4.78 is 11.2. The number of fused-ring (bicyclic) bond motifs is 1. The molecule has 1 aromatic rings. The van der Waals surface area contributed by atoms with Crippen LogP contribution >= 0.6 is 11.9 Å². The number of rotatable bonds is 3. The lowest BCUT2D eigenvalue weighted by Crippen LogP contribution is -2.44. The standard InChI is InChI=1S/C19H30N2OSSi/c1-19(2,3)24(4,5)22-16-10-8-15(9-11-16)17-7-6-12-21-13-14-23-20-18(17)21/h8-11,17H,6-7,12-14H2,1-5H3/t17-/m0/s1. The molecule has 2 aliphatic rings. The highest BCUT2D eigenvalue weighted by molar-refractivity contribution is 7.98. The lowest BCUT2D eigenvalue weighted by atomic mass is 9.89. The molecule has 0 unspecified atom stereocenters. The summed E-state index contributed by atoms with van der Waals surface area (Å²) in [4.78, 5) is 2.48. The Morgan fingerprint density at radius 3 is 2.54 bits per heavy atom. The molecule has 1 atom stereocenters. The fourth-order valence-corrected chi connectivity index (χ4v) is 4.89. The van der Waals surface area contributed by atoms with Gasteiger partial charge in [-0.1, -0.05) is 32.9 Å². The monoisotopic (exact) mass is 362 g/mol. The van der Waals surface area contributed by atoms with E-state index in [0.717, 1.165) is 18.0 Å². The van der Waals surface area contributed by atoms with Gasteiger partial charge in [-0.3, -0.25) is 0 Å². The summed E-state index contributed by atoms with van der Waals surface area (Å²) in [6.45, 7) is 13.8. The van der Waals surface area contributed by atoms with Crippen molar-refractivity contribution in [3.05, 3.63) is 29.8 Å². The molecule has 3 nitrogen and oxygen atoms in total. The molecular formula is C19H30N2OSSi. The van der Waals surface area contributed by atoms with Crippen LogP contribution in [0.25, 0.3) is 0 Å². The largest absolute Gasteiger partial charge is 0.544 e. The molecule has 2 heterocycles. The highest BCUT2D eigenvalue weighted by Gasteiger charge is 2.39. The minimum absolute atomic E-state index is 0.226. The molecule has 0 bridgehead atoms. The fraction of sp³-hybridized carbons (Fsp3) is 0.632. The van der Waals surface area contributed by atoms with E-state index in [4.69, 9.17) is 8.82 Å². The molecule has 0 radical (unpaired) electrons. The zero-order valence-electron chi connectivity index (χ0n) is 15.6. The summed E-state index contributed by atoms with van der Waals surface area (Å²) in [5, 5.41) is 0.226. The SMILES string of the molecule is CC(C)(C)[Si](C)(C)Oc1ccc([C@@H]2CCCN3CCSN=C23)cc1. The first-order chi connectivity index (χ1) is 11.3. The van der Waals surface area contributed by atoms with Gasteiger partial charge in [0.1, 0.15) is 11.6 Å². The molecule has 132 valence electrons. The van der Waals surface area contributed by atoms with E-state index >= 15 is 0 Å². The molecule has 1 aromatic carbocycles. The van der Waals surface area contributed by atoms with Crippen molar-refractivity contribution in [2.75, 3.05) is 18.8 Å². The Hall–Kier alpha value is -0.943. The molecule has 24 heavy (non-hydrogen) atoms. The van der Waals surface area contributed by atoms with Crippen molar-refractivity contribution in [1.82, 2.24) is 4.90 Å². The Morgan fingerprint density at radius 2 is 1.88 bits per heavy atom. The third-order valence-corrected chi connectivity index (χ3v) is 10.7.